The highest BCUT2D eigenvalue weighted by molar-refractivity contribution is 7.99. The molecule has 16 heavy (non-hydrogen) atoms. The fraction of sp³-hybridized carbons (Fsp3) is 0.300. The molecule has 6 heteroatoms. The average molecular weight is 236 g/mol. The van der Waals surface area contributed by atoms with Crippen LogP contribution in [0.4, 0.5) is 0 Å². The minimum atomic E-state index is -0.538. The minimum absolute atomic E-state index is 0.538. The number of hydrogen-bond acceptors (Lipinski definition) is 5. The van der Waals surface area contributed by atoms with Gasteiger partial charge in [0.15, 0.2) is 5.16 Å². The molecular formula is C10H12N4OS. The van der Waals surface area contributed by atoms with Crippen LogP contribution in [0.5, 0.6) is 0 Å². The van der Waals surface area contributed by atoms with Crippen LogP contribution in [0.1, 0.15) is 18.6 Å². The van der Waals surface area contributed by atoms with Crippen LogP contribution in [-0.4, -0.2) is 24.9 Å². The third-order valence-corrected chi connectivity index (χ3v) is 3.20. The molecule has 2 aromatic rings. The summed E-state index contributed by atoms with van der Waals surface area (Å²) in [5, 5.41) is 18.9. The van der Waals surface area contributed by atoms with E-state index in [4.69, 9.17) is 0 Å². The van der Waals surface area contributed by atoms with E-state index in [2.05, 4.69) is 15.2 Å². The Morgan fingerprint density at radius 1 is 1.50 bits per heavy atom. The van der Waals surface area contributed by atoms with Gasteiger partial charge < -0.3 is 9.67 Å². The van der Waals surface area contributed by atoms with E-state index in [1.807, 2.05) is 23.7 Å². The Balaban J connectivity index is 2.31. The molecule has 0 saturated carbocycles. The summed E-state index contributed by atoms with van der Waals surface area (Å²) in [6, 6.07) is 3.67. The van der Waals surface area contributed by atoms with Crippen molar-refractivity contribution in [1.29, 1.82) is 0 Å². The summed E-state index contributed by atoms with van der Waals surface area (Å²) in [5.41, 5.74) is 0.801. The van der Waals surface area contributed by atoms with E-state index in [0.717, 1.165) is 15.7 Å². The highest BCUT2D eigenvalue weighted by atomic mass is 32.2. The molecule has 1 N–H and O–H groups in total. The lowest BCUT2D eigenvalue weighted by Gasteiger charge is -2.09. The summed E-state index contributed by atoms with van der Waals surface area (Å²) in [6.45, 7) is 1.72. The van der Waals surface area contributed by atoms with Crippen LogP contribution >= 0.6 is 11.8 Å². The zero-order valence-corrected chi connectivity index (χ0v) is 9.85. The molecule has 1 unspecified atom stereocenters. The van der Waals surface area contributed by atoms with Crippen LogP contribution in [0.25, 0.3) is 0 Å². The Labute approximate surface area is 97.5 Å². The number of nitrogens with zero attached hydrogens (tertiary/aromatic N) is 4. The largest absolute Gasteiger partial charge is 0.389 e. The maximum absolute atomic E-state index is 9.61. The molecule has 2 aromatic heterocycles. The molecule has 0 amide bonds. The molecule has 84 valence electrons. The summed E-state index contributed by atoms with van der Waals surface area (Å²) in [5.74, 6) is 0. The fourth-order valence-corrected chi connectivity index (χ4v) is 2.18. The van der Waals surface area contributed by atoms with Gasteiger partial charge in [0, 0.05) is 18.8 Å². The quantitative estimate of drug-likeness (QED) is 0.873. The van der Waals surface area contributed by atoms with Crippen molar-refractivity contribution in [2.75, 3.05) is 0 Å². The molecule has 5 nitrogen and oxygen atoms in total. The molecule has 0 fully saturated rings. The highest BCUT2D eigenvalue weighted by Crippen LogP contribution is 2.29. The fourth-order valence-electron chi connectivity index (χ4n) is 1.26. The Morgan fingerprint density at radius 3 is 2.94 bits per heavy atom. The Hall–Kier alpha value is -1.40. The number of aliphatic hydroxyl groups excluding tert-OH is 1. The van der Waals surface area contributed by atoms with Gasteiger partial charge in [-0.1, -0.05) is 6.07 Å². The van der Waals surface area contributed by atoms with Gasteiger partial charge in [0.2, 0.25) is 0 Å². The van der Waals surface area contributed by atoms with Gasteiger partial charge in [-0.25, -0.2) is 4.98 Å². The van der Waals surface area contributed by atoms with Crippen LogP contribution in [0.3, 0.4) is 0 Å². The standard InChI is InChI=1S/C10H12N4OS/c1-7(15)8-4-3-5-11-9(8)16-10-13-12-6-14(10)2/h3-7,15H,1-2H3. The van der Waals surface area contributed by atoms with Crippen molar-refractivity contribution in [3.05, 3.63) is 30.2 Å². The number of hydrogen-bond donors (Lipinski definition) is 1. The second-order valence-electron chi connectivity index (χ2n) is 3.40. The van der Waals surface area contributed by atoms with Crippen LogP contribution in [-0.2, 0) is 7.05 Å². The molecule has 0 spiro atoms. The summed E-state index contributed by atoms with van der Waals surface area (Å²) >= 11 is 1.39. The topological polar surface area (TPSA) is 63.8 Å². The lowest BCUT2D eigenvalue weighted by atomic mass is 10.2. The first-order valence-electron chi connectivity index (χ1n) is 4.83. The second kappa shape index (κ2) is 4.63. The van der Waals surface area contributed by atoms with Gasteiger partial charge in [0.1, 0.15) is 11.4 Å². The maximum Gasteiger partial charge on any atom is 0.197 e. The molecular weight excluding hydrogens is 224 g/mol. The summed E-state index contributed by atoms with van der Waals surface area (Å²) in [7, 11) is 1.87. The van der Waals surface area contributed by atoms with Crippen molar-refractivity contribution in [3.63, 3.8) is 0 Å². The van der Waals surface area contributed by atoms with Crippen LogP contribution in [0, 0.1) is 0 Å². The normalized spacial score (nSPS) is 12.7. The lowest BCUT2D eigenvalue weighted by Crippen LogP contribution is -1.97. The van der Waals surface area contributed by atoms with Gasteiger partial charge in [0.25, 0.3) is 0 Å². The van der Waals surface area contributed by atoms with Crippen LogP contribution < -0.4 is 0 Å². The Morgan fingerprint density at radius 2 is 2.31 bits per heavy atom. The molecule has 0 aliphatic heterocycles. The van der Waals surface area contributed by atoms with Crippen molar-refractivity contribution in [2.45, 2.75) is 23.2 Å². The van der Waals surface area contributed by atoms with Gasteiger partial charge in [-0.05, 0) is 24.8 Å². The molecule has 2 rings (SSSR count). The second-order valence-corrected chi connectivity index (χ2v) is 4.36. The third-order valence-electron chi connectivity index (χ3n) is 2.11. The zero-order chi connectivity index (χ0) is 11.5. The van der Waals surface area contributed by atoms with Crippen molar-refractivity contribution < 1.29 is 5.11 Å². The number of aromatic nitrogens is 4. The first-order chi connectivity index (χ1) is 7.68. The minimum Gasteiger partial charge on any atom is -0.389 e. The smallest absolute Gasteiger partial charge is 0.197 e. The lowest BCUT2D eigenvalue weighted by molar-refractivity contribution is 0.195. The van der Waals surface area contributed by atoms with Crippen LogP contribution in [0.2, 0.25) is 0 Å². The van der Waals surface area contributed by atoms with Crippen molar-refractivity contribution >= 4 is 11.8 Å². The van der Waals surface area contributed by atoms with E-state index < -0.39 is 6.10 Å². The zero-order valence-electron chi connectivity index (χ0n) is 9.03. The summed E-state index contributed by atoms with van der Waals surface area (Å²) < 4.78 is 1.81. The van der Waals surface area contributed by atoms with Gasteiger partial charge in [-0.15, -0.1) is 10.2 Å². The van der Waals surface area contributed by atoms with Crippen LogP contribution in [0.15, 0.2) is 34.8 Å². The molecule has 0 aliphatic carbocycles. The van der Waals surface area contributed by atoms with Gasteiger partial charge in [0.05, 0.1) is 6.10 Å². The predicted octanol–water partition coefficient (Wildman–Crippen LogP) is 1.41. The SMILES string of the molecule is CC(O)c1cccnc1Sc1nncn1C. The van der Waals surface area contributed by atoms with Gasteiger partial charge >= 0.3 is 0 Å². The van der Waals surface area contributed by atoms with E-state index in [1.54, 1.807) is 19.4 Å². The van der Waals surface area contributed by atoms with Gasteiger partial charge in [-0.2, -0.15) is 0 Å². The van der Waals surface area contributed by atoms with E-state index in [0.29, 0.717) is 0 Å². The average Bonchev–Trinajstić information content (AvgIpc) is 2.65. The third kappa shape index (κ3) is 2.23. The molecule has 0 aromatic carbocycles. The van der Waals surface area contributed by atoms with E-state index in [1.165, 1.54) is 11.8 Å². The molecule has 0 bridgehead atoms. The molecule has 2 heterocycles. The predicted molar refractivity (Wildman–Crippen MR) is 60.0 cm³/mol. The Kier molecular flexibility index (Phi) is 3.21. The number of rotatable bonds is 3. The molecule has 1 atom stereocenters. The van der Waals surface area contributed by atoms with E-state index >= 15 is 0 Å². The van der Waals surface area contributed by atoms with Crippen molar-refractivity contribution in [2.24, 2.45) is 7.05 Å². The number of pyridine rings is 1. The molecule has 0 aliphatic rings. The van der Waals surface area contributed by atoms with Gasteiger partial charge in [-0.3, -0.25) is 0 Å². The molecule has 0 saturated heterocycles. The van der Waals surface area contributed by atoms with Crippen molar-refractivity contribution in [1.82, 2.24) is 19.7 Å². The summed E-state index contributed by atoms with van der Waals surface area (Å²) in [6.07, 6.45) is 2.79. The number of aryl methyl sites for hydroxylation is 1. The first-order valence-corrected chi connectivity index (χ1v) is 5.65. The Bertz CT molecular complexity index is 483. The van der Waals surface area contributed by atoms with E-state index in [9.17, 15) is 5.11 Å². The highest BCUT2D eigenvalue weighted by Gasteiger charge is 2.12. The summed E-state index contributed by atoms with van der Waals surface area (Å²) in [4.78, 5) is 4.24. The maximum atomic E-state index is 9.61. The van der Waals surface area contributed by atoms with E-state index in [-0.39, 0.29) is 0 Å². The van der Waals surface area contributed by atoms with Crippen molar-refractivity contribution in [3.8, 4) is 0 Å². The number of aliphatic hydroxyl groups is 1. The first kappa shape index (κ1) is 11.1. The monoisotopic (exact) mass is 236 g/mol. The molecule has 0 radical (unpaired) electrons.